The van der Waals surface area contributed by atoms with E-state index < -0.39 is 15.9 Å². The van der Waals surface area contributed by atoms with Gasteiger partial charge in [-0.1, -0.05) is 6.07 Å². The van der Waals surface area contributed by atoms with Crippen LogP contribution in [0.5, 0.6) is 5.75 Å². The summed E-state index contributed by atoms with van der Waals surface area (Å²) in [5.74, 6) is -0.0712. The fourth-order valence-corrected chi connectivity index (χ4v) is 6.29. The Hall–Kier alpha value is -2.91. The Labute approximate surface area is 194 Å². The number of rotatable bonds is 5. The van der Waals surface area contributed by atoms with E-state index in [4.69, 9.17) is 4.74 Å². The fourth-order valence-electron chi connectivity index (χ4n) is 4.72. The quantitative estimate of drug-likeness (QED) is 0.723. The van der Waals surface area contributed by atoms with Crippen LogP contribution in [0.25, 0.3) is 0 Å². The third-order valence-electron chi connectivity index (χ3n) is 6.34. The molecule has 8 nitrogen and oxygen atoms in total. The van der Waals surface area contributed by atoms with E-state index in [1.807, 2.05) is 6.92 Å². The maximum atomic E-state index is 13.4. The van der Waals surface area contributed by atoms with Crippen LogP contribution in [0.1, 0.15) is 32.3 Å². The number of nitrogens with one attached hydrogen (secondary N) is 1. The van der Waals surface area contributed by atoms with Gasteiger partial charge in [-0.05, 0) is 62.1 Å². The number of benzene rings is 2. The summed E-state index contributed by atoms with van der Waals surface area (Å²) in [5, 5.41) is 2.87. The van der Waals surface area contributed by atoms with E-state index in [9.17, 15) is 18.0 Å². The molecule has 0 saturated carbocycles. The Kier molecular flexibility index (Phi) is 6.45. The topological polar surface area (TPSA) is 96.0 Å². The molecule has 2 aliphatic heterocycles. The lowest BCUT2D eigenvalue weighted by Crippen LogP contribution is -2.43. The Morgan fingerprint density at radius 1 is 1.15 bits per heavy atom. The van der Waals surface area contributed by atoms with Gasteiger partial charge in [-0.15, -0.1) is 0 Å². The van der Waals surface area contributed by atoms with Crippen molar-refractivity contribution >= 4 is 33.2 Å². The molecule has 4 rings (SSSR count). The molecule has 9 heteroatoms. The van der Waals surface area contributed by atoms with Crippen molar-refractivity contribution in [3.05, 3.63) is 48.0 Å². The second-order valence-electron chi connectivity index (χ2n) is 8.66. The zero-order valence-corrected chi connectivity index (χ0v) is 19.9. The second kappa shape index (κ2) is 9.15. The average Bonchev–Trinajstić information content (AvgIpc) is 3.14. The van der Waals surface area contributed by atoms with Crippen molar-refractivity contribution in [3.63, 3.8) is 0 Å². The highest BCUT2D eigenvalue weighted by Crippen LogP contribution is 2.35. The third-order valence-corrected chi connectivity index (χ3v) is 8.20. The summed E-state index contributed by atoms with van der Waals surface area (Å²) < 4.78 is 33.4. The van der Waals surface area contributed by atoms with Gasteiger partial charge in [0.15, 0.2) is 0 Å². The maximum absolute atomic E-state index is 13.4. The Morgan fingerprint density at radius 2 is 1.94 bits per heavy atom. The number of anilines is 2. The van der Waals surface area contributed by atoms with E-state index in [1.165, 1.54) is 11.2 Å². The van der Waals surface area contributed by atoms with Crippen molar-refractivity contribution in [2.24, 2.45) is 5.92 Å². The van der Waals surface area contributed by atoms with Crippen molar-refractivity contribution in [2.75, 3.05) is 30.4 Å². The van der Waals surface area contributed by atoms with E-state index in [0.717, 1.165) is 11.3 Å². The number of ether oxygens (including phenoxy) is 1. The number of nitrogens with zero attached hydrogens (tertiary/aromatic N) is 2. The van der Waals surface area contributed by atoms with Crippen LogP contribution in [0.15, 0.2) is 47.4 Å². The molecule has 0 bridgehead atoms. The van der Waals surface area contributed by atoms with Gasteiger partial charge in [0.05, 0.1) is 17.9 Å². The van der Waals surface area contributed by atoms with E-state index in [0.29, 0.717) is 37.2 Å². The lowest BCUT2D eigenvalue weighted by molar-refractivity contribution is -0.121. The van der Waals surface area contributed by atoms with Crippen molar-refractivity contribution in [2.45, 2.75) is 44.0 Å². The summed E-state index contributed by atoms with van der Waals surface area (Å²) in [4.78, 5) is 26.7. The molecule has 2 atom stereocenters. The molecule has 1 N–H and O–H groups in total. The monoisotopic (exact) mass is 471 g/mol. The zero-order valence-electron chi connectivity index (χ0n) is 19.1. The van der Waals surface area contributed by atoms with Gasteiger partial charge < -0.3 is 15.0 Å². The Morgan fingerprint density at radius 3 is 2.67 bits per heavy atom. The van der Waals surface area contributed by atoms with Crippen LogP contribution in [0.4, 0.5) is 11.4 Å². The molecular weight excluding hydrogens is 442 g/mol. The summed E-state index contributed by atoms with van der Waals surface area (Å²) >= 11 is 0. The van der Waals surface area contributed by atoms with Crippen molar-refractivity contribution < 1.29 is 22.7 Å². The first kappa shape index (κ1) is 23.3. The maximum Gasteiger partial charge on any atom is 0.243 e. The molecule has 1 fully saturated rings. The van der Waals surface area contributed by atoms with Gasteiger partial charge in [-0.3, -0.25) is 9.59 Å². The Bertz CT molecular complexity index is 1180. The van der Waals surface area contributed by atoms with Crippen LogP contribution in [0.3, 0.4) is 0 Å². The van der Waals surface area contributed by atoms with Gasteiger partial charge in [0.1, 0.15) is 5.75 Å². The largest absolute Gasteiger partial charge is 0.497 e. The summed E-state index contributed by atoms with van der Waals surface area (Å²) in [6.07, 6.45) is 1.84. The highest BCUT2D eigenvalue weighted by molar-refractivity contribution is 7.89. The summed E-state index contributed by atoms with van der Waals surface area (Å²) in [6, 6.07) is 12.0. The van der Waals surface area contributed by atoms with Crippen LogP contribution < -0.4 is 15.0 Å². The first-order valence-corrected chi connectivity index (χ1v) is 12.5. The van der Waals surface area contributed by atoms with Crippen LogP contribution in [0.2, 0.25) is 0 Å². The first-order valence-electron chi connectivity index (χ1n) is 11.1. The molecule has 2 amide bonds. The predicted octanol–water partition coefficient (Wildman–Crippen LogP) is 3.03. The van der Waals surface area contributed by atoms with Gasteiger partial charge >= 0.3 is 0 Å². The smallest absolute Gasteiger partial charge is 0.243 e. The van der Waals surface area contributed by atoms with Gasteiger partial charge in [0.25, 0.3) is 0 Å². The highest BCUT2D eigenvalue weighted by atomic mass is 32.2. The Balaban J connectivity index is 1.50. The molecule has 2 aromatic carbocycles. The normalized spacial score (nSPS) is 20.9. The number of piperidine rings is 1. The molecule has 2 heterocycles. The lowest BCUT2D eigenvalue weighted by Gasteiger charge is -2.31. The van der Waals surface area contributed by atoms with Crippen LogP contribution in [0, 0.1) is 5.92 Å². The number of methoxy groups -OCH3 is 1. The molecule has 33 heavy (non-hydrogen) atoms. The third kappa shape index (κ3) is 4.60. The minimum absolute atomic E-state index is 0.00451. The standard InChI is InChI=1S/C24H29N3O5S/c1-16-12-19-13-22(9-10-23(19)27(16)17(2)28)33(30,31)26-11-5-6-18(15-26)24(29)25-20-7-4-8-21(14-20)32-3/h4,7-10,13-14,16,18H,5-6,11-12,15H2,1-3H3,(H,25,29)/t16-,18+/m1/s1. The lowest BCUT2D eigenvalue weighted by atomic mass is 9.98. The first-order chi connectivity index (χ1) is 15.7. The van der Waals surface area contributed by atoms with Crippen molar-refractivity contribution in [3.8, 4) is 5.75 Å². The molecule has 2 aromatic rings. The number of carbonyl (C=O) groups excluding carboxylic acids is 2. The predicted molar refractivity (Wildman–Crippen MR) is 126 cm³/mol. The summed E-state index contributed by atoms with van der Waals surface area (Å²) in [7, 11) is -2.20. The molecule has 176 valence electrons. The fraction of sp³-hybridized carbons (Fsp3) is 0.417. The molecule has 0 spiro atoms. The number of carbonyl (C=O) groups is 2. The van der Waals surface area contributed by atoms with Crippen LogP contribution in [-0.2, 0) is 26.0 Å². The number of fused-ring (bicyclic) bond motifs is 1. The number of hydrogen-bond donors (Lipinski definition) is 1. The average molecular weight is 472 g/mol. The number of sulfonamides is 1. The molecule has 0 aliphatic carbocycles. The van der Waals surface area contributed by atoms with Crippen LogP contribution in [-0.4, -0.2) is 50.8 Å². The van der Waals surface area contributed by atoms with E-state index in [1.54, 1.807) is 54.5 Å². The minimum atomic E-state index is -3.76. The van der Waals surface area contributed by atoms with Gasteiger partial charge in [-0.2, -0.15) is 4.31 Å². The van der Waals surface area contributed by atoms with Gasteiger partial charge in [0.2, 0.25) is 21.8 Å². The van der Waals surface area contributed by atoms with Crippen LogP contribution >= 0.6 is 0 Å². The number of amides is 2. The molecule has 0 aromatic heterocycles. The molecule has 0 unspecified atom stereocenters. The summed E-state index contributed by atoms with van der Waals surface area (Å²) in [5.41, 5.74) is 2.23. The molecule has 2 aliphatic rings. The zero-order chi connectivity index (χ0) is 23.8. The minimum Gasteiger partial charge on any atom is -0.497 e. The highest BCUT2D eigenvalue weighted by Gasteiger charge is 2.35. The van der Waals surface area contributed by atoms with Crippen molar-refractivity contribution in [1.29, 1.82) is 0 Å². The van der Waals surface area contributed by atoms with E-state index in [2.05, 4.69) is 5.32 Å². The SMILES string of the molecule is COc1cccc(NC(=O)[C@H]2CCCN(S(=O)(=O)c3ccc4c(c3)C[C@@H](C)N4C(C)=O)C2)c1. The second-order valence-corrected chi connectivity index (χ2v) is 10.6. The van der Waals surface area contributed by atoms with Crippen molar-refractivity contribution in [1.82, 2.24) is 4.31 Å². The van der Waals surface area contributed by atoms with Gasteiger partial charge in [-0.25, -0.2) is 8.42 Å². The summed E-state index contributed by atoms with van der Waals surface area (Å²) in [6.45, 7) is 3.97. The van der Waals surface area contributed by atoms with E-state index >= 15 is 0 Å². The van der Waals surface area contributed by atoms with Gasteiger partial charge in [0, 0.05) is 43.5 Å². The van der Waals surface area contributed by atoms with E-state index in [-0.39, 0.29) is 29.3 Å². The number of hydrogen-bond acceptors (Lipinski definition) is 5. The molecule has 1 saturated heterocycles. The molecule has 0 radical (unpaired) electrons. The molecular formula is C24H29N3O5S.